The van der Waals surface area contributed by atoms with E-state index in [1.807, 2.05) is 0 Å². The minimum atomic E-state index is -1.01. The number of nitrogens with zero attached hydrogens (tertiary/aromatic N) is 1. The highest BCUT2D eigenvalue weighted by Crippen LogP contribution is 2.25. The molecular formula is C14H18N2O5. The number of carboxylic acid groups (broad SMARTS) is 1. The number of benzene rings is 1. The standard InChI is InChI=1S/C14H18N2O5/c1-14(13(17)18,15-10-2-3-10)8-9-21-12-6-4-11(5-7-12)16(19)20/h4-7,10,15H,2-3,8-9H2,1H3,(H,17,18). The number of carbonyl (C=O) groups is 1. The lowest BCUT2D eigenvalue weighted by Gasteiger charge is -2.26. The number of ether oxygens (including phenoxy) is 1. The van der Waals surface area contributed by atoms with Crippen LogP contribution in [0.4, 0.5) is 5.69 Å². The Balaban J connectivity index is 1.86. The van der Waals surface area contributed by atoms with Crippen molar-refractivity contribution in [1.29, 1.82) is 0 Å². The normalized spacial score (nSPS) is 17.0. The van der Waals surface area contributed by atoms with Gasteiger partial charge >= 0.3 is 5.97 Å². The van der Waals surface area contributed by atoms with Gasteiger partial charge in [0.2, 0.25) is 0 Å². The van der Waals surface area contributed by atoms with Crippen molar-refractivity contribution in [2.75, 3.05) is 6.61 Å². The third-order valence-corrected chi connectivity index (χ3v) is 3.49. The quantitative estimate of drug-likeness (QED) is 0.561. The van der Waals surface area contributed by atoms with Crippen LogP contribution in [-0.4, -0.2) is 34.2 Å². The van der Waals surface area contributed by atoms with Crippen molar-refractivity contribution in [2.45, 2.75) is 37.8 Å². The van der Waals surface area contributed by atoms with E-state index in [9.17, 15) is 20.0 Å². The van der Waals surface area contributed by atoms with Gasteiger partial charge in [-0.15, -0.1) is 0 Å². The number of hydrogen-bond acceptors (Lipinski definition) is 5. The first-order valence-corrected chi connectivity index (χ1v) is 6.79. The Morgan fingerprint density at radius 1 is 1.48 bits per heavy atom. The fraction of sp³-hybridized carbons (Fsp3) is 0.500. The summed E-state index contributed by atoms with van der Waals surface area (Å²) in [5.74, 6) is -0.415. The van der Waals surface area contributed by atoms with Gasteiger partial charge in [0.1, 0.15) is 11.3 Å². The molecule has 0 aromatic heterocycles. The average molecular weight is 294 g/mol. The number of carboxylic acids is 1. The topological polar surface area (TPSA) is 102 Å². The Morgan fingerprint density at radius 2 is 2.10 bits per heavy atom. The minimum absolute atomic E-state index is 0.00637. The molecule has 1 aliphatic rings. The molecule has 2 N–H and O–H groups in total. The molecule has 0 saturated heterocycles. The summed E-state index contributed by atoms with van der Waals surface area (Å²) < 4.78 is 5.46. The lowest BCUT2D eigenvalue weighted by molar-refractivity contribution is -0.384. The van der Waals surface area contributed by atoms with Crippen LogP contribution in [0.5, 0.6) is 5.75 Å². The van der Waals surface area contributed by atoms with Crippen LogP contribution in [-0.2, 0) is 4.79 Å². The van der Waals surface area contributed by atoms with Gasteiger partial charge < -0.3 is 9.84 Å². The smallest absolute Gasteiger partial charge is 0.323 e. The maximum absolute atomic E-state index is 11.4. The first kappa shape index (κ1) is 15.2. The summed E-state index contributed by atoms with van der Waals surface area (Å²) in [6, 6.07) is 6.00. The third-order valence-electron chi connectivity index (χ3n) is 3.49. The first-order chi connectivity index (χ1) is 9.90. The molecule has 1 aromatic carbocycles. The lowest BCUT2D eigenvalue weighted by atomic mass is 9.98. The molecule has 7 nitrogen and oxygen atoms in total. The van der Waals surface area contributed by atoms with Gasteiger partial charge in [-0.3, -0.25) is 20.2 Å². The molecule has 0 amide bonds. The van der Waals surface area contributed by atoms with E-state index in [1.165, 1.54) is 24.3 Å². The van der Waals surface area contributed by atoms with Crippen molar-refractivity contribution in [1.82, 2.24) is 5.32 Å². The van der Waals surface area contributed by atoms with Crippen LogP contribution < -0.4 is 10.1 Å². The van der Waals surface area contributed by atoms with E-state index in [2.05, 4.69) is 5.32 Å². The average Bonchev–Trinajstić information content (AvgIpc) is 3.23. The maximum atomic E-state index is 11.4. The predicted molar refractivity (Wildman–Crippen MR) is 75.4 cm³/mol. The lowest BCUT2D eigenvalue weighted by Crippen LogP contribution is -2.51. The third kappa shape index (κ3) is 4.16. The Labute approximate surface area is 122 Å². The van der Waals surface area contributed by atoms with Crippen LogP contribution in [0.3, 0.4) is 0 Å². The Hall–Kier alpha value is -2.15. The SMILES string of the molecule is CC(CCOc1ccc([N+](=O)[O-])cc1)(NC1CC1)C(=O)O. The Morgan fingerprint density at radius 3 is 2.57 bits per heavy atom. The molecule has 0 radical (unpaired) electrons. The number of nitro groups is 1. The molecule has 1 atom stereocenters. The van der Waals surface area contributed by atoms with Gasteiger partial charge in [-0.05, 0) is 31.9 Å². The van der Waals surface area contributed by atoms with Crippen molar-refractivity contribution in [3.63, 3.8) is 0 Å². The Kier molecular flexibility index (Phi) is 4.42. The summed E-state index contributed by atoms with van der Waals surface area (Å²) in [5, 5.41) is 23.0. The van der Waals surface area contributed by atoms with E-state index in [4.69, 9.17) is 4.74 Å². The molecule has 7 heteroatoms. The van der Waals surface area contributed by atoms with Gasteiger partial charge in [0, 0.05) is 24.6 Å². The molecule has 21 heavy (non-hydrogen) atoms. The molecule has 0 heterocycles. The second kappa shape index (κ2) is 6.09. The van der Waals surface area contributed by atoms with Crippen molar-refractivity contribution in [3.05, 3.63) is 34.4 Å². The molecule has 1 aromatic rings. The second-order valence-electron chi connectivity index (χ2n) is 5.41. The fourth-order valence-corrected chi connectivity index (χ4v) is 1.96. The number of rotatable bonds is 8. The van der Waals surface area contributed by atoms with Gasteiger partial charge in [0.05, 0.1) is 11.5 Å². The summed E-state index contributed by atoms with van der Waals surface area (Å²) in [6.07, 6.45) is 2.33. The van der Waals surface area contributed by atoms with Gasteiger partial charge in [0.15, 0.2) is 0 Å². The van der Waals surface area contributed by atoms with E-state index in [0.29, 0.717) is 12.2 Å². The summed E-state index contributed by atoms with van der Waals surface area (Å²) in [5.41, 5.74) is -1.02. The van der Waals surface area contributed by atoms with Gasteiger partial charge in [-0.25, -0.2) is 0 Å². The summed E-state index contributed by atoms with van der Waals surface area (Å²) >= 11 is 0. The summed E-state index contributed by atoms with van der Waals surface area (Å²) in [4.78, 5) is 21.4. The number of aliphatic carboxylic acids is 1. The summed E-state index contributed by atoms with van der Waals surface area (Å²) in [7, 11) is 0. The van der Waals surface area contributed by atoms with Crippen LogP contribution in [0.25, 0.3) is 0 Å². The van der Waals surface area contributed by atoms with E-state index in [0.717, 1.165) is 12.8 Å². The van der Waals surface area contributed by atoms with Gasteiger partial charge in [-0.2, -0.15) is 0 Å². The molecule has 2 rings (SSSR count). The minimum Gasteiger partial charge on any atom is -0.494 e. The largest absolute Gasteiger partial charge is 0.494 e. The Bertz CT molecular complexity index is 527. The first-order valence-electron chi connectivity index (χ1n) is 6.79. The molecule has 1 unspecified atom stereocenters. The van der Waals surface area contributed by atoms with E-state index < -0.39 is 16.4 Å². The molecule has 0 aliphatic heterocycles. The maximum Gasteiger partial charge on any atom is 0.323 e. The predicted octanol–water partition coefficient (Wildman–Crippen LogP) is 1.96. The second-order valence-corrected chi connectivity index (χ2v) is 5.41. The van der Waals surface area contributed by atoms with Crippen molar-refractivity contribution in [2.24, 2.45) is 0 Å². The number of non-ortho nitro benzene ring substituents is 1. The van der Waals surface area contributed by atoms with Gasteiger partial charge in [-0.1, -0.05) is 0 Å². The van der Waals surface area contributed by atoms with Gasteiger partial charge in [0.25, 0.3) is 5.69 Å². The van der Waals surface area contributed by atoms with E-state index in [1.54, 1.807) is 6.92 Å². The van der Waals surface area contributed by atoms with Crippen molar-refractivity contribution in [3.8, 4) is 5.75 Å². The van der Waals surface area contributed by atoms with Crippen LogP contribution in [0, 0.1) is 10.1 Å². The molecular weight excluding hydrogens is 276 g/mol. The van der Waals surface area contributed by atoms with Crippen LogP contribution >= 0.6 is 0 Å². The van der Waals surface area contributed by atoms with E-state index >= 15 is 0 Å². The molecule has 0 spiro atoms. The zero-order chi connectivity index (χ0) is 15.5. The monoisotopic (exact) mass is 294 g/mol. The molecule has 0 bridgehead atoms. The van der Waals surface area contributed by atoms with Crippen molar-refractivity contribution >= 4 is 11.7 Å². The molecule has 114 valence electrons. The molecule has 1 aliphatic carbocycles. The summed E-state index contributed by atoms with van der Waals surface area (Å²) in [6.45, 7) is 1.87. The zero-order valence-electron chi connectivity index (χ0n) is 11.7. The molecule has 1 saturated carbocycles. The highest BCUT2D eigenvalue weighted by Gasteiger charge is 2.38. The number of hydrogen-bond donors (Lipinski definition) is 2. The van der Waals surface area contributed by atoms with Crippen LogP contribution in [0.2, 0.25) is 0 Å². The molecule has 1 fully saturated rings. The van der Waals surface area contributed by atoms with Crippen molar-refractivity contribution < 1.29 is 19.6 Å². The number of nitro benzene ring substituents is 1. The fourth-order valence-electron chi connectivity index (χ4n) is 1.96. The highest BCUT2D eigenvalue weighted by molar-refractivity contribution is 5.78. The van der Waals surface area contributed by atoms with Crippen LogP contribution in [0.15, 0.2) is 24.3 Å². The number of nitrogens with one attached hydrogen (secondary N) is 1. The van der Waals surface area contributed by atoms with Crippen LogP contribution in [0.1, 0.15) is 26.2 Å². The van der Waals surface area contributed by atoms with E-state index in [-0.39, 0.29) is 18.3 Å². The highest BCUT2D eigenvalue weighted by atomic mass is 16.6. The zero-order valence-corrected chi connectivity index (χ0v) is 11.7.